The van der Waals surface area contributed by atoms with E-state index in [1.54, 1.807) is 21.3 Å². The van der Waals surface area contributed by atoms with Gasteiger partial charge in [0.25, 0.3) is 0 Å². The largest absolute Gasteiger partial charge is 0.633 e. The first-order chi connectivity index (χ1) is 25.2. The van der Waals surface area contributed by atoms with E-state index in [-0.39, 0.29) is 12.0 Å². The van der Waals surface area contributed by atoms with Crippen molar-refractivity contribution >= 4 is 7.32 Å². The molecule has 0 fully saturated rings. The van der Waals surface area contributed by atoms with E-state index < -0.39 is 7.32 Å². The Balaban J connectivity index is 0.000000465. The SMILES string of the molecule is CCCC[N+](CCCC)(CCCC)CCCC.COc1ccc(CC(CCCOB(O)O)(Cc2ccc(OC)cc2)Cc2ccc(OC)cc2)cc1. The zero-order valence-corrected chi connectivity index (χ0v) is 33.7. The Kier molecular flexibility index (Phi) is 22.4. The quantitative estimate of drug-likeness (QED) is 0.0489. The molecule has 3 rings (SSSR count). The van der Waals surface area contributed by atoms with Crippen LogP contribution in [0.5, 0.6) is 17.2 Å². The number of ether oxygens (including phenoxy) is 3. The van der Waals surface area contributed by atoms with Gasteiger partial charge in [0.1, 0.15) is 17.2 Å². The molecule has 0 aliphatic heterocycles. The highest BCUT2D eigenvalue weighted by Gasteiger charge is 2.31. The number of hydrogen-bond donors (Lipinski definition) is 2. The van der Waals surface area contributed by atoms with Gasteiger partial charge in [-0.2, -0.15) is 0 Å². The van der Waals surface area contributed by atoms with Crippen LogP contribution in [-0.2, 0) is 23.9 Å². The van der Waals surface area contributed by atoms with Gasteiger partial charge in [-0.15, -0.1) is 0 Å². The summed E-state index contributed by atoms with van der Waals surface area (Å²) in [6, 6.07) is 24.6. The highest BCUT2D eigenvalue weighted by molar-refractivity contribution is 6.32. The Bertz CT molecular complexity index is 1140. The summed E-state index contributed by atoms with van der Waals surface area (Å²) in [5.41, 5.74) is 3.52. The molecule has 0 aromatic heterocycles. The molecule has 0 radical (unpaired) electrons. The second-order valence-electron chi connectivity index (χ2n) is 14.5. The fraction of sp³-hybridized carbons (Fsp3) is 0.591. The molecule has 0 saturated carbocycles. The maximum atomic E-state index is 9.13. The Morgan fingerprint density at radius 3 is 1.06 bits per heavy atom. The van der Waals surface area contributed by atoms with Crippen molar-refractivity contribution in [1.29, 1.82) is 0 Å². The van der Waals surface area contributed by atoms with E-state index >= 15 is 0 Å². The highest BCUT2D eigenvalue weighted by Crippen LogP contribution is 2.38. The van der Waals surface area contributed by atoms with E-state index in [0.717, 1.165) is 42.9 Å². The van der Waals surface area contributed by atoms with Crippen molar-refractivity contribution < 1.29 is 33.4 Å². The van der Waals surface area contributed by atoms with Gasteiger partial charge in [0.2, 0.25) is 0 Å². The predicted octanol–water partition coefficient (Wildman–Crippen LogP) is 9.50. The van der Waals surface area contributed by atoms with E-state index in [9.17, 15) is 0 Å². The highest BCUT2D eigenvalue weighted by atomic mass is 16.6. The molecule has 0 saturated heterocycles. The summed E-state index contributed by atoms with van der Waals surface area (Å²) in [5.74, 6) is 2.49. The van der Waals surface area contributed by atoms with E-state index in [2.05, 4.69) is 64.1 Å². The molecule has 0 bridgehead atoms. The number of rotatable bonds is 26. The Labute approximate surface area is 317 Å². The molecule has 8 heteroatoms. The summed E-state index contributed by atoms with van der Waals surface area (Å²) in [4.78, 5) is 0. The molecule has 0 aliphatic carbocycles. The predicted molar refractivity (Wildman–Crippen MR) is 217 cm³/mol. The normalized spacial score (nSPS) is 11.5. The summed E-state index contributed by atoms with van der Waals surface area (Å²) < 4.78 is 22.5. The van der Waals surface area contributed by atoms with Gasteiger partial charge in [0, 0.05) is 6.61 Å². The summed E-state index contributed by atoms with van der Waals surface area (Å²) >= 11 is 0. The van der Waals surface area contributed by atoms with Crippen LogP contribution < -0.4 is 14.2 Å². The molecule has 0 aliphatic rings. The average Bonchev–Trinajstić information content (AvgIpc) is 3.17. The molecule has 3 aromatic rings. The lowest BCUT2D eigenvalue weighted by Gasteiger charge is -2.39. The Morgan fingerprint density at radius 2 is 0.808 bits per heavy atom. The smallest absolute Gasteiger partial charge is 0.497 e. The van der Waals surface area contributed by atoms with Crippen molar-refractivity contribution in [1.82, 2.24) is 0 Å². The molecule has 7 nitrogen and oxygen atoms in total. The van der Waals surface area contributed by atoms with Crippen molar-refractivity contribution in [3.05, 3.63) is 89.5 Å². The van der Waals surface area contributed by atoms with Crippen LogP contribution in [0.1, 0.15) is 109 Å². The maximum absolute atomic E-state index is 9.13. The third-order valence-electron chi connectivity index (χ3n) is 10.3. The second-order valence-corrected chi connectivity index (χ2v) is 14.5. The van der Waals surface area contributed by atoms with Crippen LogP contribution in [0.25, 0.3) is 0 Å². The zero-order valence-electron chi connectivity index (χ0n) is 33.7. The van der Waals surface area contributed by atoms with E-state index in [1.165, 1.54) is 98.7 Å². The van der Waals surface area contributed by atoms with E-state index in [1.807, 2.05) is 36.4 Å². The fourth-order valence-corrected chi connectivity index (χ4v) is 7.26. The molecule has 2 N–H and O–H groups in total. The van der Waals surface area contributed by atoms with Crippen LogP contribution in [0.4, 0.5) is 0 Å². The molecule has 0 spiro atoms. The van der Waals surface area contributed by atoms with Gasteiger partial charge in [-0.05, 0) is 116 Å². The van der Waals surface area contributed by atoms with Crippen LogP contribution in [-0.4, -0.2) is 76.0 Å². The minimum atomic E-state index is -1.76. The molecule has 3 aromatic carbocycles. The third kappa shape index (κ3) is 17.2. The van der Waals surface area contributed by atoms with Crippen molar-refractivity contribution in [3.63, 3.8) is 0 Å². The first kappa shape index (κ1) is 45.1. The van der Waals surface area contributed by atoms with Gasteiger partial charge in [-0.25, -0.2) is 0 Å². The van der Waals surface area contributed by atoms with Gasteiger partial charge in [0.05, 0.1) is 47.5 Å². The molecule has 0 amide bonds. The molecular weight excluding hydrogens is 649 g/mol. The Hall–Kier alpha value is -3.04. The molecule has 0 atom stereocenters. The molecule has 290 valence electrons. The second kappa shape index (κ2) is 25.9. The number of benzene rings is 3. The molecule has 0 heterocycles. The number of unbranched alkanes of at least 4 members (excludes halogenated alkanes) is 4. The maximum Gasteiger partial charge on any atom is 0.633 e. The fourth-order valence-electron chi connectivity index (χ4n) is 7.26. The first-order valence-electron chi connectivity index (χ1n) is 19.9. The monoisotopic (exact) mass is 721 g/mol. The number of nitrogens with zero attached hydrogens (tertiary/aromatic N) is 1. The minimum absolute atomic E-state index is 0.137. The van der Waals surface area contributed by atoms with E-state index in [4.69, 9.17) is 28.9 Å². The lowest BCUT2D eigenvalue weighted by molar-refractivity contribution is -0.929. The molecular formula is C44H71BNO6+. The first-order valence-corrected chi connectivity index (χ1v) is 19.9. The topological polar surface area (TPSA) is 77.4 Å². The summed E-state index contributed by atoms with van der Waals surface area (Å²) in [6.45, 7) is 15.3. The van der Waals surface area contributed by atoms with E-state index in [0.29, 0.717) is 6.42 Å². The van der Waals surface area contributed by atoms with Gasteiger partial charge in [-0.1, -0.05) is 89.8 Å². The van der Waals surface area contributed by atoms with Crippen molar-refractivity contribution in [2.45, 2.75) is 111 Å². The standard InChI is InChI=1S/C28H35BO6.C16H36N/c1-32-25-11-5-22(6-12-25)19-28(17-4-18-35-29(30)31,20-23-7-13-26(33-2)14-8-23)21-24-9-15-27(34-3)16-10-24;1-5-9-13-17(14-10-6-2,15-11-7-3)16-12-8-4/h5-16,30-31H,4,17-21H2,1-3H3;5-16H2,1-4H3/q;+1. The number of hydrogen-bond acceptors (Lipinski definition) is 6. The van der Waals surface area contributed by atoms with Gasteiger partial charge >= 0.3 is 7.32 Å². The third-order valence-corrected chi connectivity index (χ3v) is 10.3. The average molecular weight is 721 g/mol. The van der Waals surface area contributed by atoms with Crippen molar-refractivity contribution in [2.75, 3.05) is 54.1 Å². The lowest BCUT2D eigenvalue weighted by atomic mass is 9.69. The van der Waals surface area contributed by atoms with Crippen LogP contribution in [0.2, 0.25) is 0 Å². The number of quaternary nitrogens is 1. The minimum Gasteiger partial charge on any atom is -0.497 e. The molecule has 0 unspecified atom stereocenters. The molecule has 52 heavy (non-hydrogen) atoms. The van der Waals surface area contributed by atoms with Crippen molar-refractivity contribution in [2.24, 2.45) is 5.41 Å². The van der Waals surface area contributed by atoms with Gasteiger partial charge < -0.3 is 33.4 Å². The summed E-state index contributed by atoms with van der Waals surface area (Å²) in [6.07, 6.45) is 15.1. The van der Waals surface area contributed by atoms with Gasteiger partial charge in [0.15, 0.2) is 0 Å². The Morgan fingerprint density at radius 1 is 0.500 bits per heavy atom. The van der Waals surface area contributed by atoms with Crippen LogP contribution in [0, 0.1) is 5.41 Å². The van der Waals surface area contributed by atoms with Crippen LogP contribution in [0.15, 0.2) is 72.8 Å². The zero-order chi connectivity index (χ0) is 38.1. The summed E-state index contributed by atoms with van der Waals surface area (Å²) in [5, 5.41) is 18.3. The van der Waals surface area contributed by atoms with Crippen molar-refractivity contribution in [3.8, 4) is 17.2 Å². The van der Waals surface area contributed by atoms with Crippen LogP contribution >= 0.6 is 0 Å². The van der Waals surface area contributed by atoms with Crippen LogP contribution in [0.3, 0.4) is 0 Å². The van der Waals surface area contributed by atoms with Gasteiger partial charge in [-0.3, -0.25) is 0 Å². The summed E-state index contributed by atoms with van der Waals surface area (Å²) in [7, 11) is 3.25. The number of methoxy groups -OCH3 is 3. The lowest BCUT2D eigenvalue weighted by Crippen LogP contribution is -2.50.